The Hall–Kier alpha value is -3.38. The molecule has 2 amide bonds. The van der Waals surface area contributed by atoms with Crippen molar-refractivity contribution in [1.29, 1.82) is 0 Å². The molecule has 1 aliphatic rings. The summed E-state index contributed by atoms with van der Waals surface area (Å²) in [5.41, 5.74) is 8.27. The highest BCUT2D eigenvalue weighted by Gasteiger charge is 2.25. The van der Waals surface area contributed by atoms with E-state index >= 15 is 0 Å². The van der Waals surface area contributed by atoms with Gasteiger partial charge in [0.25, 0.3) is 5.91 Å². The summed E-state index contributed by atoms with van der Waals surface area (Å²) in [6.07, 6.45) is 2.01. The highest BCUT2D eigenvalue weighted by Crippen LogP contribution is 2.31. The third-order valence-corrected chi connectivity index (χ3v) is 6.05. The number of pyridine rings is 1. The van der Waals surface area contributed by atoms with Gasteiger partial charge in [-0.15, -0.1) is 11.6 Å². The Morgan fingerprint density at radius 1 is 0.970 bits per heavy atom. The smallest absolute Gasteiger partial charge is 0.250 e. The van der Waals surface area contributed by atoms with Crippen LogP contribution in [0.25, 0.3) is 11.3 Å². The lowest BCUT2D eigenvalue weighted by Crippen LogP contribution is -2.38. The molecule has 6 nitrogen and oxygen atoms in total. The Kier molecular flexibility index (Phi) is 7.25. The highest BCUT2D eigenvalue weighted by molar-refractivity contribution is 6.18. The van der Waals surface area contributed by atoms with Gasteiger partial charge in [0.1, 0.15) is 11.5 Å². The van der Waals surface area contributed by atoms with Crippen LogP contribution in [0.4, 0.5) is 0 Å². The summed E-state index contributed by atoms with van der Waals surface area (Å²) in [6, 6.07) is 20.6. The lowest BCUT2D eigenvalue weighted by molar-refractivity contribution is -0.131. The molecule has 0 saturated carbocycles. The van der Waals surface area contributed by atoms with Gasteiger partial charge >= 0.3 is 0 Å². The van der Waals surface area contributed by atoms with Gasteiger partial charge < -0.3 is 15.4 Å². The van der Waals surface area contributed by atoms with Crippen molar-refractivity contribution >= 4 is 23.4 Å². The first-order chi connectivity index (χ1) is 16.0. The van der Waals surface area contributed by atoms with Crippen molar-refractivity contribution in [1.82, 2.24) is 9.88 Å². The van der Waals surface area contributed by atoms with Gasteiger partial charge in [0.15, 0.2) is 0 Å². The highest BCUT2D eigenvalue weighted by atomic mass is 35.5. The second-order valence-corrected chi connectivity index (χ2v) is 8.41. The number of nitrogens with zero attached hydrogens (tertiary/aromatic N) is 2. The van der Waals surface area contributed by atoms with Crippen molar-refractivity contribution in [3.63, 3.8) is 0 Å². The average Bonchev–Trinajstić information content (AvgIpc) is 2.85. The number of ether oxygens (including phenoxy) is 1. The van der Waals surface area contributed by atoms with Gasteiger partial charge in [-0.05, 0) is 61.4 Å². The average molecular weight is 464 g/mol. The molecule has 170 valence electrons. The Balaban J connectivity index is 1.53. The maximum absolute atomic E-state index is 12.1. The number of primary amides is 1. The molecule has 1 fully saturated rings. The van der Waals surface area contributed by atoms with Crippen LogP contribution in [-0.2, 0) is 4.79 Å². The van der Waals surface area contributed by atoms with Crippen molar-refractivity contribution in [3.05, 3.63) is 78.0 Å². The quantitative estimate of drug-likeness (QED) is 0.501. The van der Waals surface area contributed by atoms with E-state index in [1.54, 1.807) is 6.07 Å². The standard InChI is InChI=1S/C26H26ClN3O3/c27-15-12-24(31)30-16-13-18(14-17-30)23-11-10-22(26(28)32)25(29-23)19-6-8-21(9-7-19)33-20-4-2-1-3-5-20/h1-11,18H,12-17H2,(H2,28,32). The van der Waals surface area contributed by atoms with Crippen molar-refractivity contribution in [2.45, 2.75) is 25.2 Å². The van der Waals surface area contributed by atoms with Crippen molar-refractivity contribution in [3.8, 4) is 22.8 Å². The number of amides is 2. The largest absolute Gasteiger partial charge is 0.457 e. The van der Waals surface area contributed by atoms with Gasteiger partial charge in [-0.25, -0.2) is 0 Å². The number of benzene rings is 2. The summed E-state index contributed by atoms with van der Waals surface area (Å²) in [5, 5.41) is 0. The van der Waals surface area contributed by atoms with Crippen LogP contribution in [0.1, 0.15) is 41.2 Å². The molecule has 1 aromatic heterocycles. The summed E-state index contributed by atoms with van der Waals surface area (Å²) in [6.45, 7) is 1.36. The fourth-order valence-electron chi connectivity index (χ4n) is 4.09. The summed E-state index contributed by atoms with van der Waals surface area (Å²) in [7, 11) is 0. The Morgan fingerprint density at radius 2 is 1.64 bits per heavy atom. The number of para-hydroxylation sites is 1. The number of alkyl halides is 1. The van der Waals surface area contributed by atoms with E-state index in [4.69, 9.17) is 27.1 Å². The topological polar surface area (TPSA) is 85.5 Å². The molecule has 33 heavy (non-hydrogen) atoms. The third kappa shape index (κ3) is 5.52. The summed E-state index contributed by atoms with van der Waals surface area (Å²) in [5.74, 6) is 1.57. The number of hydrogen-bond donors (Lipinski definition) is 1. The van der Waals surface area contributed by atoms with Crippen molar-refractivity contribution in [2.24, 2.45) is 5.73 Å². The molecule has 2 heterocycles. The predicted octanol–water partition coefficient (Wildman–Crippen LogP) is 4.97. The minimum atomic E-state index is -0.518. The van der Waals surface area contributed by atoms with Crippen LogP contribution in [-0.4, -0.2) is 40.7 Å². The van der Waals surface area contributed by atoms with Crippen LogP contribution >= 0.6 is 11.6 Å². The van der Waals surface area contributed by atoms with E-state index in [0.717, 1.165) is 29.8 Å². The predicted molar refractivity (Wildman–Crippen MR) is 129 cm³/mol. The number of carbonyl (C=O) groups is 2. The van der Waals surface area contributed by atoms with Crippen molar-refractivity contribution in [2.75, 3.05) is 19.0 Å². The van der Waals surface area contributed by atoms with Gasteiger partial charge in [-0.1, -0.05) is 18.2 Å². The number of halogens is 1. The third-order valence-electron chi connectivity index (χ3n) is 5.86. The van der Waals surface area contributed by atoms with E-state index in [-0.39, 0.29) is 11.8 Å². The molecule has 0 unspecified atom stereocenters. The second kappa shape index (κ2) is 10.5. The minimum absolute atomic E-state index is 0.0963. The van der Waals surface area contributed by atoms with Crippen LogP contribution in [0.3, 0.4) is 0 Å². The minimum Gasteiger partial charge on any atom is -0.457 e. The number of aromatic nitrogens is 1. The lowest BCUT2D eigenvalue weighted by Gasteiger charge is -2.32. The molecule has 0 radical (unpaired) electrons. The SMILES string of the molecule is NC(=O)c1ccc(C2CCN(C(=O)CCCl)CC2)nc1-c1ccc(Oc2ccccc2)cc1. The first-order valence-electron chi connectivity index (χ1n) is 11.0. The lowest BCUT2D eigenvalue weighted by atomic mass is 9.91. The van der Waals surface area contributed by atoms with Crippen LogP contribution in [0.15, 0.2) is 66.7 Å². The zero-order valence-electron chi connectivity index (χ0n) is 18.2. The normalized spacial score (nSPS) is 14.2. The maximum Gasteiger partial charge on any atom is 0.250 e. The molecular weight excluding hydrogens is 438 g/mol. The molecule has 7 heteroatoms. The second-order valence-electron chi connectivity index (χ2n) is 8.03. The Labute approximate surface area is 198 Å². The number of carbonyl (C=O) groups excluding carboxylic acids is 2. The molecule has 1 aliphatic heterocycles. The van der Waals surface area contributed by atoms with Gasteiger partial charge in [-0.2, -0.15) is 0 Å². The van der Waals surface area contributed by atoms with Crippen LogP contribution in [0.2, 0.25) is 0 Å². The zero-order chi connectivity index (χ0) is 23.2. The molecule has 3 aromatic rings. The summed E-state index contributed by atoms with van der Waals surface area (Å²) in [4.78, 5) is 30.9. The fourth-order valence-corrected chi connectivity index (χ4v) is 4.25. The van der Waals surface area contributed by atoms with Crippen LogP contribution < -0.4 is 10.5 Å². The molecule has 2 N–H and O–H groups in total. The molecule has 0 bridgehead atoms. The first-order valence-corrected chi connectivity index (χ1v) is 11.6. The Bertz CT molecular complexity index is 1110. The summed E-state index contributed by atoms with van der Waals surface area (Å²) >= 11 is 5.70. The number of rotatable bonds is 7. The van der Waals surface area contributed by atoms with E-state index < -0.39 is 5.91 Å². The van der Waals surface area contributed by atoms with Crippen LogP contribution in [0.5, 0.6) is 11.5 Å². The monoisotopic (exact) mass is 463 g/mol. The number of likely N-dealkylation sites (tertiary alicyclic amines) is 1. The van der Waals surface area contributed by atoms with Crippen molar-refractivity contribution < 1.29 is 14.3 Å². The van der Waals surface area contributed by atoms with E-state index in [9.17, 15) is 9.59 Å². The first kappa shape index (κ1) is 22.8. The van der Waals surface area contributed by atoms with E-state index in [0.29, 0.717) is 42.4 Å². The number of nitrogens with two attached hydrogens (primary N) is 1. The van der Waals surface area contributed by atoms with Gasteiger partial charge in [0, 0.05) is 42.6 Å². The van der Waals surface area contributed by atoms with E-state index in [1.165, 1.54) is 0 Å². The Morgan fingerprint density at radius 3 is 2.27 bits per heavy atom. The molecule has 0 spiro atoms. The van der Waals surface area contributed by atoms with Gasteiger partial charge in [0.2, 0.25) is 5.91 Å². The fraction of sp³-hybridized carbons (Fsp3) is 0.269. The number of piperidine rings is 1. The zero-order valence-corrected chi connectivity index (χ0v) is 19.0. The molecule has 1 saturated heterocycles. The number of hydrogen-bond acceptors (Lipinski definition) is 4. The van der Waals surface area contributed by atoms with E-state index in [1.807, 2.05) is 65.6 Å². The molecule has 0 atom stereocenters. The van der Waals surface area contributed by atoms with Gasteiger partial charge in [0.05, 0.1) is 11.3 Å². The van der Waals surface area contributed by atoms with Gasteiger partial charge in [-0.3, -0.25) is 14.6 Å². The van der Waals surface area contributed by atoms with Crippen LogP contribution in [0, 0.1) is 0 Å². The molecule has 4 rings (SSSR count). The molecule has 0 aliphatic carbocycles. The summed E-state index contributed by atoms with van der Waals surface area (Å²) < 4.78 is 5.86. The molecule has 2 aromatic carbocycles. The molecular formula is C26H26ClN3O3. The van der Waals surface area contributed by atoms with E-state index in [2.05, 4.69) is 0 Å². The maximum atomic E-state index is 12.1.